The average Bonchev–Trinajstić information content (AvgIpc) is 3.08. The van der Waals surface area contributed by atoms with E-state index in [4.69, 9.17) is 4.42 Å². The summed E-state index contributed by atoms with van der Waals surface area (Å²) in [6.45, 7) is 2.96. The fourth-order valence-electron chi connectivity index (χ4n) is 2.11. The number of hydrogen-bond donors (Lipinski definition) is 1. The van der Waals surface area contributed by atoms with Gasteiger partial charge in [0.1, 0.15) is 23.2 Å². The Morgan fingerprint density at radius 2 is 2.30 bits per heavy atom. The van der Waals surface area contributed by atoms with Gasteiger partial charge in [-0.2, -0.15) is 0 Å². The number of benzene rings is 1. The van der Waals surface area contributed by atoms with Crippen molar-refractivity contribution in [2.45, 2.75) is 19.4 Å². The van der Waals surface area contributed by atoms with Crippen LogP contribution in [0.2, 0.25) is 0 Å². The summed E-state index contributed by atoms with van der Waals surface area (Å²) in [7, 11) is 0. The van der Waals surface area contributed by atoms with Crippen LogP contribution in [-0.2, 0) is 0 Å². The van der Waals surface area contributed by atoms with E-state index in [1.807, 2.05) is 6.07 Å². The molecule has 2 aromatic heterocycles. The Bertz CT molecular complexity index is 696. The first-order valence-corrected chi connectivity index (χ1v) is 7.25. The second-order valence-corrected chi connectivity index (χ2v) is 5.36. The van der Waals surface area contributed by atoms with E-state index in [9.17, 15) is 4.39 Å². The van der Waals surface area contributed by atoms with Gasteiger partial charge >= 0.3 is 0 Å². The summed E-state index contributed by atoms with van der Waals surface area (Å²) in [5.41, 5.74) is 0.683. The lowest BCUT2D eigenvalue weighted by molar-refractivity contribution is 0.473. The van der Waals surface area contributed by atoms with Crippen LogP contribution in [0.5, 0.6) is 0 Å². The third-order valence-electron chi connectivity index (χ3n) is 3.04. The SMILES string of the molecule is CCCNC(c1cc2cc(F)ccc2o1)c1cnns1. The van der Waals surface area contributed by atoms with E-state index in [1.54, 1.807) is 12.3 Å². The fourth-order valence-corrected chi connectivity index (χ4v) is 2.70. The van der Waals surface area contributed by atoms with Crippen molar-refractivity contribution < 1.29 is 8.81 Å². The minimum Gasteiger partial charge on any atom is -0.459 e. The van der Waals surface area contributed by atoms with Crippen molar-refractivity contribution in [3.05, 3.63) is 46.9 Å². The predicted octanol–water partition coefficient (Wildman–Crippen LogP) is 3.51. The largest absolute Gasteiger partial charge is 0.459 e. The molecule has 0 fully saturated rings. The second kappa shape index (κ2) is 5.68. The first-order chi connectivity index (χ1) is 9.78. The van der Waals surface area contributed by atoms with Gasteiger partial charge < -0.3 is 9.73 Å². The number of furan rings is 1. The number of hydrogen-bond acceptors (Lipinski definition) is 5. The summed E-state index contributed by atoms with van der Waals surface area (Å²) in [5.74, 6) is 0.493. The van der Waals surface area contributed by atoms with E-state index in [0.717, 1.165) is 29.0 Å². The van der Waals surface area contributed by atoms with Crippen LogP contribution in [0.25, 0.3) is 11.0 Å². The van der Waals surface area contributed by atoms with Gasteiger partial charge in [0.2, 0.25) is 0 Å². The molecule has 3 aromatic rings. The molecule has 0 saturated carbocycles. The van der Waals surface area contributed by atoms with E-state index >= 15 is 0 Å². The highest BCUT2D eigenvalue weighted by Crippen LogP contribution is 2.29. The molecule has 0 aliphatic carbocycles. The number of fused-ring (bicyclic) bond motifs is 1. The van der Waals surface area contributed by atoms with Crippen molar-refractivity contribution in [2.24, 2.45) is 0 Å². The van der Waals surface area contributed by atoms with Crippen molar-refractivity contribution in [3.63, 3.8) is 0 Å². The van der Waals surface area contributed by atoms with Gasteiger partial charge in [0.25, 0.3) is 0 Å². The smallest absolute Gasteiger partial charge is 0.134 e. The van der Waals surface area contributed by atoms with E-state index in [2.05, 4.69) is 21.8 Å². The Morgan fingerprint density at radius 1 is 1.40 bits per heavy atom. The van der Waals surface area contributed by atoms with Crippen molar-refractivity contribution in [1.29, 1.82) is 0 Å². The van der Waals surface area contributed by atoms with Gasteiger partial charge in [-0.05, 0) is 48.8 Å². The van der Waals surface area contributed by atoms with Gasteiger partial charge in [-0.1, -0.05) is 11.4 Å². The number of nitrogens with zero attached hydrogens (tertiary/aromatic N) is 2. The lowest BCUT2D eigenvalue weighted by atomic mass is 10.1. The minimum atomic E-state index is -0.262. The van der Waals surface area contributed by atoms with Crippen molar-refractivity contribution in [3.8, 4) is 0 Å². The Balaban J connectivity index is 1.99. The molecule has 0 aliphatic heterocycles. The highest BCUT2D eigenvalue weighted by Gasteiger charge is 2.20. The molecule has 20 heavy (non-hydrogen) atoms. The van der Waals surface area contributed by atoms with Gasteiger partial charge in [0, 0.05) is 5.39 Å². The molecule has 1 atom stereocenters. The van der Waals surface area contributed by atoms with Gasteiger partial charge in [0.05, 0.1) is 11.1 Å². The summed E-state index contributed by atoms with van der Waals surface area (Å²) < 4.78 is 23.0. The van der Waals surface area contributed by atoms with Crippen molar-refractivity contribution in [2.75, 3.05) is 6.54 Å². The minimum absolute atomic E-state index is 0.0922. The summed E-state index contributed by atoms with van der Waals surface area (Å²) >= 11 is 1.33. The van der Waals surface area contributed by atoms with Crippen LogP contribution in [0.4, 0.5) is 4.39 Å². The van der Waals surface area contributed by atoms with Crippen LogP contribution in [0.1, 0.15) is 30.0 Å². The molecule has 1 aromatic carbocycles. The maximum Gasteiger partial charge on any atom is 0.134 e. The molecule has 0 aliphatic rings. The standard InChI is InChI=1S/C14H14FN3OS/c1-2-5-16-14(13-8-17-18-20-13)12-7-9-6-10(15)3-4-11(9)19-12/h3-4,6-8,14,16H,2,5H2,1H3. The van der Waals surface area contributed by atoms with Crippen LogP contribution in [0.3, 0.4) is 0 Å². The van der Waals surface area contributed by atoms with Gasteiger partial charge in [0.15, 0.2) is 0 Å². The molecule has 1 unspecified atom stereocenters. The van der Waals surface area contributed by atoms with Gasteiger partial charge in [-0.15, -0.1) is 5.10 Å². The topological polar surface area (TPSA) is 51.0 Å². The number of rotatable bonds is 5. The average molecular weight is 291 g/mol. The zero-order chi connectivity index (χ0) is 13.9. The normalized spacial score (nSPS) is 12.9. The van der Waals surface area contributed by atoms with Crippen molar-refractivity contribution in [1.82, 2.24) is 14.9 Å². The molecule has 104 valence electrons. The lowest BCUT2D eigenvalue weighted by Crippen LogP contribution is -2.21. The van der Waals surface area contributed by atoms with Gasteiger partial charge in [-0.25, -0.2) is 4.39 Å². The molecule has 0 bridgehead atoms. The molecular weight excluding hydrogens is 277 g/mol. The molecule has 2 heterocycles. The summed E-state index contributed by atoms with van der Waals surface area (Å²) in [5, 5.41) is 8.04. The summed E-state index contributed by atoms with van der Waals surface area (Å²) in [6, 6.07) is 6.30. The number of nitrogens with one attached hydrogen (secondary N) is 1. The molecule has 0 spiro atoms. The molecule has 6 heteroatoms. The molecule has 0 radical (unpaired) electrons. The molecule has 3 rings (SSSR count). The molecule has 0 saturated heterocycles. The predicted molar refractivity (Wildman–Crippen MR) is 76.2 cm³/mol. The third kappa shape index (κ3) is 2.57. The maximum atomic E-state index is 13.2. The summed E-state index contributed by atoms with van der Waals surface area (Å²) in [6.07, 6.45) is 2.74. The van der Waals surface area contributed by atoms with Crippen LogP contribution >= 0.6 is 11.5 Å². The maximum absolute atomic E-state index is 13.2. The van der Waals surface area contributed by atoms with E-state index < -0.39 is 0 Å². The zero-order valence-electron chi connectivity index (χ0n) is 11.0. The Kier molecular flexibility index (Phi) is 3.75. The van der Waals surface area contributed by atoms with Crippen LogP contribution in [-0.4, -0.2) is 16.1 Å². The number of aromatic nitrogens is 2. The monoisotopic (exact) mass is 291 g/mol. The van der Waals surface area contributed by atoms with Crippen LogP contribution in [0.15, 0.2) is 34.9 Å². The molecule has 0 amide bonds. The quantitative estimate of drug-likeness (QED) is 0.781. The molecular formula is C14H14FN3OS. The van der Waals surface area contributed by atoms with Gasteiger partial charge in [-0.3, -0.25) is 0 Å². The summed E-state index contributed by atoms with van der Waals surface area (Å²) in [4.78, 5) is 0.984. The highest BCUT2D eigenvalue weighted by atomic mass is 32.1. The lowest BCUT2D eigenvalue weighted by Gasteiger charge is -2.13. The first kappa shape index (κ1) is 13.2. The third-order valence-corrected chi connectivity index (χ3v) is 3.77. The van der Waals surface area contributed by atoms with E-state index in [0.29, 0.717) is 5.58 Å². The molecule has 1 N–H and O–H groups in total. The zero-order valence-corrected chi connectivity index (χ0v) is 11.8. The Morgan fingerprint density at radius 3 is 3.05 bits per heavy atom. The Labute approximate surface area is 119 Å². The first-order valence-electron chi connectivity index (χ1n) is 6.47. The van der Waals surface area contributed by atoms with E-state index in [1.165, 1.54) is 23.7 Å². The second-order valence-electron chi connectivity index (χ2n) is 4.54. The van der Waals surface area contributed by atoms with Crippen molar-refractivity contribution >= 4 is 22.5 Å². The van der Waals surface area contributed by atoms with Crippen LogP contribution < -0.4 is 5.32 Å². The Hall–Kier alpha value is -1.79. The number of halogens is 1. The highest BCUT2D eigenvalue weighted by molar-refractivity contribution is 7.05. The molecule has 4 nitrogen and oxygen atoms in total. The fraction of sp³-hybridized carbons (Fsp3) is 0.286. The van der Waals surface area contributed by atoms with Crippen LogP contribution in [0, 0.1) is 5.82 Å². The van der Waals surface area contributed by atoms with E-state index in [-0.39, 0.29) is 11.9 Å².